The molecule has 0 radical (unpaired) electrons. The summed E-state index contributed by atoms with van der Waals surface area (Å²) < 4.78 is 6.45. The van der Waals surface area contributed by atoms with Crippen LogP contribution in [0.4, 0.5) is 0 Å². The number of aliphatic hydroxyl groups excluding tert-OH is 1. The van der Waals surface area contributed by atoms with Crippen LogP contribution in [0.5, 0.6) is 0 Å². The third-order valence-electron chi connectivity index (χ3n) is 3.94. The van der Waals surface area contributed by atoms with E-state index in [9.17, 15) is 0 Å². The zero-order chi connectivity index (χ0) is 15.1. The molecule has 0 aliphatic rings. The Balaban J connectivity index is 4.60. The Bertz CT molecular complexity index is 271. The van der Waals surface area contributed by atoms with E-state index in [2.05, 4.69) is 48.1 Å². The lowest BCUT2D eigenvalue weighted by Gasteiger charge is -2.42. The van der Waals surface area contributed by atoms with Crippen molar-refractivity contribution in [2.45, 2.75) is 64.6 Å². The molecule has 0 spiro atoms. The van der Waals surface area contributed by atoms with Gasteiger partial charge in [0.1, 0.15) is 0 Å². The SMILES string of the molecule is C=C(/C=C/CO)CCO[Si](C(C)C)(C(C)C)C(C)C. The van der Waals surface area contributed by atoms with Crippen molar-refractivity contribution < 1.29 is 9.53 Å². The molecule has 0 saturated carbocycles. The van der Waals surface area contributed by atoms with Gasteiger partial charge in [0.05, 0.1) is 6.61 Å². The predicted octanol–water partition coefficient (Wildman–Crippen LogP) is 4.67. The topological polar surface area (TPSA) is 29.5 Å². The summed E-state index contributed by atoms with van der Waals surface area (Å²) in [7, 11) is -1.74. The third kappa shape index (κ3) is 5.25. The zero-order valence-corrected chi connectivity index (χ0v) is 14.6. The molecule has 0 heterocycles. The van der Waals surface area contributed by atoms with Gasteiger partial charge in [0.15, 0.2) is 8.32 Å². The minimum Gasteiger partial charge on any atom is -0.416 e. The highest BCUT2D eigenvalue weighted by Crippen LogP contribution is 2.42. The predicted molar refractivity (Wildman–Crippen MR) is 87.0 cm³/mol. The molecule has 0 saturated heterocycles. The van der Waals surface area contributed by atoms with E-state index >= 15 is 0 Å². The monoisotopic (exact) mass is 284 g/mol. The molecule has 0 unspecified atom stereocenters. The highest BCUT2D eigenvalue weighted by Gasteiger charge is 2.44. The Morgan fingerprint density at radius 3 is 1.95 bits per heavy atom. The first-order chi connectivity index (χ1) is 8.78. The molecule has 112 valence electrons. The zero-order valence-electron chi connectivity index (χ0n) is 13.6. The van der Waals surface area contributed by atoms with Crippen molar-refractivity contribution >= 4 is 8.32 Å². The molecule has 19 heavy (non-hydrogen) atoms. The minimum absolute atomic E-state index is 0.0720. The molecule has 0 aliphatic carbocycles. The van der Waals surface area contributed by atoms with E-state index in [0.717, 1.165) is 18.6 Å². The largest absolute Gasteiger partial charge is 0.416 e. The maximum atomic E-state index is 8.74. The number of rotatable bonds is 9. The maximum Gasteiger partial charge on any atom is 0.200 e. The lowest BCUT2D eigenvalue weighted by atomic mass is 10.2. The van der Waals surface area contributed by atoms with Gasteiger partial charge in [-0.3, -0.25) is 0 Å². The normalized spacial score (nSPS) is 13.2. The van der Waals surface area contributed by atoms with E-state index in [4.69, 9.17) is 9.53 Å². The Morgan fingerprint density at radius 1 is 1.11 bits per heavy atom. The van der Waals surface area contributed by atoms with Gasteiger partial charge in [0.25, 0.3) is 0 Å². The van der Waals surface area contributed by atoms with Crippen LogP contribution in [0.1, 0.15) is 48.0 Å². The summed E-state index contributed by atoms with van der Waals surface area (Å²) in [5.41, 5.74) is 2.88. The van der Waals surface area contributed by atoms with Crippen LogP contribution in [0.15, 0.2) is 24.3 Å². The highest BCUT2D eigenvalue weighted by atomic mass is 28.4. The van der Waals surface area contributed by atoms with Gasteiger partial charge >= 0.3 is 0 Å². The van der Waals surface area contributed by atoms with Gasteiger partial charge in [-0.2, -0.15) is 0 Å². The molecular weight excluding hydrogens is 252 g/mol. The maximum absolute atomic E-state index is 8.74. The minimum atomic E-state index is -1.74. The van der Waals surface area contributed by atoms with Crippen LogP contribution in [0.25, 0.3) is 0 Å². The van der Waals surface area contributed by atoms with E-state index in [1.165, 1.54) is 0 Å². The second kappa shape index (κ2) is 8.72. The Hall–Kier alpha value is -0.383. The smallest absolute Gasteiger partial charge is 0.200 e. The summed E-state index contributed by atoms with van der Waals surface area (Å²) in [5.74, 6) is 0. The van der Waals surface area contributed by atoms with Gasteiger partial charge in [-0.05, 0) is 23.0 Å². The lowest BCUT2D eigenvalue weighted by molar-refractivity contribution is 0.282. The first-order valence-corrected chi connectivity index (χ1v) is 9.52. The Morgan fingerprint density at radius 2 is 1.58 bits per heavy atom. The molecule has 0 amide bonds. The van der Waals surface area contributed by atoms with Crippen LogP contribution in [0, 0.1) is 0 Å². The molecule has 0 aromatic rings. The fourth-order valence-corrected chi connectivity index (χ4v) is 8.62. The molecule has 2 nitrogen and oxygen atoms in total. The molecule has 3 heteroatoms. The van der Waals surface area contributed by atoms with E-state index in [1.54, 1.807) is 6.08 Å². The van der Waals surface area contributed by atoms with Crippen LogP contribution in [-0.4, -0.2) is 26.6 Å². The van der Waals surface area contributed by atoms with Crippen molar-refractivity contribution in [3.8, 4) is 0 Å². The molecular formula is C16H32O2Si. The van der Waals surface area contributed by atoms with E-state index < -0.39 is 8.32 Å². The average Bonchev–Trinajstić information content (AvgIpc) is 2.30. The number of allylic oxidation sites excluding steroid dienone is 1. The van der Waals surface area contributed by atoms with Crippen molar-refractivity contribution in [2.75, 3.05) is 13.2 Å². The molecule has 0 rings (SSSR count). The summed E-state index contributed by atoms with van der Waals surface area (Å²) in [4.78, 5) is 0. The summed E-state index contributed by atoms with van der Waals surface area (Å²) in [6.45, 7) is 18.6. The van der Waals surface area contributed by atoms with E-state index in [0.29, 0.717) is 16.6 Å². The van der Waals surface area contributed by atoms with Gasteiger partial charge in [0, 0.05) is 6.61 Å². The van der Waals surface area contributed by atoms with Crippen molar-refractivity contribution in [1.82, 2.24) is 0 Å². The first kappa shape index (κ1) is 18.6. The van der Waals surface area contributed by atoms with Crippen molar-refractivity contribution in [3.05, 3.63) is 24.3 Å². The third-order valence-corrected chi connectivity index (χ3v) is 10.1. The molecule has 0 atom stereocenters. The summed E-state index contributed by atoms with van der Waals surface area (Å²) in [5, 5.41) is 8.74. The van der Waals surface area contributed by atoms with Crippen molar-refractivity contribution in [2.24, 2.45) is 0 Å². The summed E-state index contributed by atoms with van der Waals surface area (Å²) >= 11 is 0. The van der Waals surface area contributed by atoms with E-state index in [1.807, 2.05) is 6.08 Å². The first-order valence-electron chi connectivity index (χ1n) is 7.38. The Kier molecular flexibility index (Phi) is 8.55. The second-order valence-electron chi connectivity index (χ2n) is 6.16. The van der Waals surface area contributed by atoms with Crippen LogP contribution in [-0.2, 0) is 4.43 Å². The fourth-order valence-electron chi connectivity index (χ4n) is 3.16. The number of hydrogen-bond donors (Lipinski definition) is 1. The van der Waals surface area contributed by atoms with Gasteiger partial charge in [0.2, 0.25) is 0 Å². The van der Waals surface area contributed by atoms with Gasteiger partial charge in [-0.15, -0.1) is 0 Å². The van der Waals surface area contributed by atoms with Crippen molar-refractivity contribution in [3.63, 3.8) is 0 Å². The van der Waals surface area contributed by atoms with Crippen molar-refractivity contribution in [1.29, 1.82) is 0 Å². The van der Waals surface area contributed by atoms with Crippen LogP contribution >= 0.6 is 0 Å². The van der Waals surface area contributed by atoms with Crippen LogP contribution in [0.3, 0.4) is 0 Å². The average molecular weight is 285 g/mol. The van der Waals surface area contributed by atoms with Gasteiger partial charge in [-0.1, -0.05) is 65.8 Å². The van der Waals surface area contributed by atoms with E-state index in [-0.39, 0.29) is 6.61 Å². The standard InChI is InChI=1S/C16H32O2Si/c1-13(2)19(14(3)4,15(5)6)18-12-10-16(7)9-8-11-17/h8-9,13-15,17H,7,10-12H2,1-6H3/b9-8+. The second-order valence-corrected chi connectivity index (χ2v) is 11.6. The lowest BCUT2D eigenvalue weighted by Crippen LogP contribution is -2.47. The number of hydrogen-bond acceptors (Lipinski definition) is 2. The molecule has 0 fully saturated rings. The highest BCUT2D eigenvalue weighted by molar-refractivity contribution is 6.77. The summed E-state index contributed by atoms with van der Waals surface area (Å²) in [6.07, 6.45) is 4.45. The fraction of sp³-hybridized carbons (Fsp3) is 0.750. The summed E-state index contributed by atoms with van der Waals surface area (Å²) in [6, 6.07) is 0. The van der Waals surface area contributed by atoms with Crippen LogP contribution in [0.2, 0.25) is 16.6 Å². The quantitative estimate of drug-likeness (QED) is 0.492. The van der Waals surface area contributed by atoms with Gasteiger partial charge < -0.3 is 9.53 Å². The van der Waals surface area contributed by atoms with Crippen LogP contribution < -0.4 is 0 Å². The molecule has 0 aromatic heterocycles. The molecule has 0 bridgehead atoms. The Labute approximate surface area is 120 Å². The van der Waals surface area contributed by atoms with Gasteiger partial charge in [-0.25, -0.2) is 0 Å². The number of aliphatic hydroxyl groups is 1. The molecule has 1 N–H and O–H groups in total. The molecule has 0 aromatic carbocycles. The molecule has 0 aliphatic heterocycles.